The zero-order valence-corrected chi connectivity index (χ0v) is 12.5. The molecular weight excluding hydrogens is 222 g/mol. The first-order valence-corrected chi connectivity index (χ1v) is 9.99. The zero-order chi connectivity index (χ0) is 12.7. The minimum atomic E-state index is -1.28. The van der Waals surface area contributed by atoms with Crippen molar-refractivity contribution in [1.82, 2.24) is 4.98 Å². The van der Waals surface area contributed by atoms with Crippen LogP contribution in [0, 0.1) is 11.5 Å². The van der Waals surface area contributed by atoms with Gasteiger partial charge in [0.25, 0.3) is 0 Å². The molecule has 92 valence electrons. The molecule has 0 amide bonds. The molecule has 0 bridgehead atoms. The van der Waals surface area contributed by atoms with Gasteiger partial charge in [-0.05, 0) is 24.5 Å². The average Bonchev–Trinajstić information content (AvgIpc) is 2.27. The Bertz CT molecular complexity index is 390. The number of rotatable bonds is 4. The van der Waals surface area contributed by atoms with Gasteiger partial charge in [-0.25, -0.2) is 4.98 Å². The quantitative estimate of drug-likeness (QED) is 0.443. The maximum absolute atomic E-state index is 4.41. The fourth-order valence-corrected chi connectivity index (χ4v) is 1.98. The van der Waals surface area contributed by atoms with Gasteiger partial charge in [-0.2, -0.15) is 0 Å². The van der Waals surface area contributed by atoms with Crippen LogP contribution in [0.15, 0.2) is 18.3 Å². The number of hydrogen-bond acceptors (Lipinski definition) is 1. The lowest BCUT2D eigenvalue weighted by Gasteiger charge is -2.03. The van der Waals surface area contributed by atoms with Crippen molar-refractivity contribution < 1.29 is 0 Å². The van der Waals surface area contributed by atoms with E-state index in [1.165, 1.54) is 24.8 Å². The van der Waals surface area contributed by atoms with Crippen molar-refractivity contribution in [3.05, 3.63) is 29.6 Å². The Balaban J connectivity index is 2.58. The Kier molecular flexibility index (Phi) is 5.44. The third-order valence-corrected chi connectivity index (χ3v) is 3.33. The Morgan fingerprint density at radius 1 is 1.18 bits per heavy atom. The molecule has 0 saturated heterocycles. The summed E-state index contributed by atoms with van der Waals surface area (Å²) in [7, 11) is -1.28. The van der Waals surface area contributed by atoms with Gasteiger partial charge in [0.05, 0.1) is 0 Å². The molecule has 1 rings (SSSR count). The fraction of sp³-hybridized carbons (Fsp3) is 0.533. The number of pyridine rings is 1. The molecule has 0 atom stereocenters. The van der Waals surface area contributed by atoms with Gasteiger partial charge in [0.15, 0.2) is 0 Å². The molecule has 0 aliphatic carbocycles. The Labute approximate surface area is 107 Å². The molecular formula is C15H23NSi. The van der Waals surface area contributed by atoms with E-state index in [0.29, 0.717) is 0 Å². The van der Waals surface area contributed by atoms with Crippen molar-refractivity contribution in [1.29, 1.82) is 0 Å². The SMILES string of the molecule is CCCCCc1ccc(C#C[Si](C)(C)C)nc1. The molecule has 2 heteroatoms. The zero-order valence-electron chi connectivity index (χ0n) is 11.5. The van der Waals surface area contributed by atoms with Gasteiger partial charge in [0.2, 0.25) is 0 Å². The van der Waals surface area contributed by atoms with Crippen molar-refractivity contribution in [2.75, 3.05) is 0 Å². The number of aryl methyl sites for hydroxylation is 1. The Morgan fingerprint density at radius 3 is 2.47 bits per heavy atom. The maximum atomic E-state index is 4.41. The molecule has 1 aromatic rings. The van der Waals surface area contributed by atoms with Gasteiger partial charge in [-0.3, -0.25) is 0 Å². The summed E-state index contributed by atoms with van der Waals surface area (Å²) in [6.07, 6.45) is 6.95. The molecule has 0 N–H and O–H groups in total. The molecule has 0 aliphatic heterocycles. The minimum Gasteiger partial charge on any atom is -0.248 e. The minimum absolute atomic E-state index is 0.909. The molecule has 17 heavy (non-hydrogen) atoms. The lowest BCUT2D eigenvalue weighted by atomic mass is 10.1. The second-order valence-electron chi connectivity index (χ2n) is 5.51. The van der Waals surface area contributed by atoms with Gasteiger partial charge in [-0.1, -0.05) is 51.4 Å². The van der Waals surface area contributed by atoms with Gasteiger partial charge >= 0.3 is 0 Å². The van der Waals surface area contributed by atoms with Crippen LogP contribution in [0.5, 0.6) is 0 Å². The van der Waals surface area contributed by atoms with Crippen molar-refractivity contribution in [3.63, 3.8) is 0 Å². The summed E-state index contributed by atoms with van der Waals surface area (Å²) in [5.41, 5.74) is 5.58. The summed E-state index contributed by atoms with van der Waals surface area (Å²) >= 11 is 0. The van der Waals surface area contributed by atoms with E-state index >= 15 is 0 Å². The van der Waals surface area contributed by atoms with E-state index in [1.807, 2.05) is 6.20 Å². The molecule has 1 aromatic heterocycles. The highest BCUT2D eigenvalue weighted by Gasteiger charge is 2.07. The normalized spacial score (nSPS) is 10.8. The smallest absolute Gasteiger partial charge is 0.129 e. The van der Waals surface area contributed by atoms with Crippen LogP contribution in [0.2, 0.25) is 19.6 Å². The van der Waals surface area contributed by atoms with Crippen LogP contribution in [0.25, 0.3) is 0 Å². The summed E-state index contributed by atoms with van der Waals surface area (Å²) in [6.45, 7) is 8.98. The number of unbranched alkanes of at least 4 members (excludes halogenated alkanes) is 2. The first-order chi connectivity index (χ1) is 8.01. The number of hydrogen-bond donors (Lipinski definition) is 0. The van der Waals surface area contributed by atoms with Gasteiger partial charge in [0, 0.05) is 6.20 Å². The van der Waals surface area contributed by atoms with E-state index in [-0.39, 0.29) is 0 Å². The molecule has 1 nitrogen and oxygen atoms in total. The highest BCUT2D eigenvalue weighted by atomic mass is 28.3. The molecule has 0 aliphatic rings. The maximum Gasteiger partial charge on any atom is 0.129 e. The Hall–Kier alpha value is -1.07. The fourth-order valence-electron chi connectivity index (χ4n) is 1.48. The number of nitrogens with zero attached hydrogens (tertiary/aromatic N) is 1. The van der Waals surface area contributed by atoms with Crippen LogP contribution >= 0.6 is 0 Å². The first kappa shape index (κ1) is 14.0. The van der Waals surface area contributed by atoms with Crippen molar-refractivity contribution >= 4 is 8.07 Å². The standard InChI is InChI=1S/C15H23NSi/c1-5-6-7-8-14-9-10-15(16-13-14)11-12-17(2,3)4/h9-10,13H,5-8H2,1-4H3. The highest BCUT2D eigenvalue weighted by molar-refractivity contribution is 6.83. The van der Waals surface area contributed by atoms with E-state index in [1.54, 1.807) is 0 Å². The summed E-state index contributed by atoms with van der Waals surface area (Å²) in [5, 5.41) is 0. The highest BCUT2D eigenvalue weighted by Crippen LogP contribution is 2.06. The van der Waals surface area contributed by atoms with E-state index < -0.39 is 8.07 Å². The lowest BCUT2D eigenvalue weighted by Crippen LogP contribution is -2.16. The van der Waals surface area contributed by atoms with E-state index in [0.717, 1.165) is 12.1 Å². The molecule has 0 radical (unpaired) electrons. The predicted molar refractivity (Wildman–Crippen MR) is 77.7 cm³/mol. The molecule has 0 aromatic carbocycles. The molecule has 0 saturated carbocycles. The van der Waals surface area contributed by atoms with Crippen molar-refractivity contribution in [2.24, 2.45) is 0 Å². The predicted octanol–water partition coefficient (Wildman–Crippen LogP) is 4.04. The lowest BCUT2D eigenvalue weighted by molar-refractivity contribution is 0.716. The van der Waals surface area contributed by atoms with Crippen LogP contribution in [-0.4, -0.2) is 13.1 Å². The third-order valence-electron chi connectivity index (χ3n) is 2.46. The summed E-state index contributed by atoms with van der Waals surface area (Å²) in [5.74, 6) is 3.18. The summed E-state index contributed by atoms with van der Waals surface area (Å²) in [6, 6.07) is 4.21. The third kappa shape index (κ3) is 6.28. The largest absolute Gasteiger partial charge is 0.248 e. The van der Waals surface area contributed by atoms with Gasteiger partial charge in [0.1, 0.15) is 13.8 Å². The van der Waals surface area contributed by atoms with Gasteiger partial charge in [-0.15, -0.1) is 5.54 Å². The topological polar surface area (TPSA) is 12.9 Å². The van der Waals surface area contributed by atoms with Gasteiger partial charge < -0.3 is 0 Å². The van der Waals surface area contributed by atoms with Crippen LogP contribution in [0.1, 0.15) is 37.4 Å². The number of aromatic nitrogens is 1. The van der Waals surface area contributed by atoms with E-state index in [4.69, 9.17) is 0 Å². The molecule has 0 spiro atoms. The van der Waals surface area contributed by atoms with Crippen molar-refractivity contribution in [3.8, 4) is 11.5 Å². The molecule has 1 heterocycles. The van der Waals surface area contributed by atoms with Crippen LogP contribution in [-0.2, 0) is 6.42 Å². The van der Waals surface area contributed by atoms with E-state index in [9.17, 15) is 0 Å². The Morgan fingerprint density at radius 2 is 1.94 bits per heavy atom. The summed E-state index contributed by atoms with van der Waals surface area (Å²) in [4.78, 5) is 4.41. The van der Waals surface area contributed by atoms with Crippen LogP contribution in [0.4, 0.5) is 0 Å². The average molecular weight is 245 g/mol. The first-order valence-electron chi connectivity index (χ1n) is 6.49. The molecule has 0 unspecified atom stereocenters. The van der Waals surface area contributed by atoms with E-state index in [2.05, 4.69) is 55.1 Å². The second-order valence-corrected chi connectivity index (χ2v) is 10.3. The summed E-state index contributed by atoms with van der Waals surface area (Å²) < 4.78 is 0. The monoisotopic (exact) mass is 245 g/mol. The molecule has 0 fully saturated rings. The van der Waals surface area contributed by atoms with Crippen molar-refractivity contribution in [2.45, 2.75) is 52.2 Å². The second kappa shape index (κ2) is 6.61. The van der Waals surface area contributed by atoms with Crippen LogP contribution < -0.4 is 0 Å². The van der Waals surface area contributed by atoms with Crippen LogP contribution in [0.3, 0.4) is 0 Å².